The Hall–Kier alpha value is -1.02. The number of anilines is 1. The van der Waals surface area contributed by atoms with E-state index in [2.05, 4.69) is 44.7 Å². The van der Waals surface area contributed by atoms with Crippen molar-refractivity contribution >= 4 is 5.69 Å². The Morgan fingerprint density at radius 1 is 1.06 bits per heavy atom. The van der Waals surface area contributed by atoms with Crippen LogP contribution in [0, 0.1) is 5.92 Å². The van der Waals surface area contributed by atoms with E-state index in [1.807, 2.05) is 12.1 Å². The molecule has 0 fully saturated rings. The second kappa shape index (κ2) is 5.90. The molecule has 1 aromatic carbocycles. The van der Waals surface area contributed by atoms with Crippen molar-refractivity contribution in [3.8, 4) is 0 Å². The highest BCUT2D eigenvalue weighted by atomic mass is 15.1. The van der Waals surface area contributed by atoms with Gasteiger partial charge in [0.2, 0.25) is 0 Å². The van der Waals surface area contributed by atoms with E-state index in [1.165, 1.54) is 5.56 Å². The maximum atomic E-state index is 5.73. The summed E-state index contributed by atoms with van der Waals surface area (Å²) < 4.78 is 0. The Kier molecular flexibility index (Phi) is 4.81. The smallest absolute Gasteiger partial charge is 0.0370 e. The van der Waals surface area contributed by atoms with Crippen molar-refractivity contribution in [3.63, 3.8) is 0 Å². The number of nitrogens with two attached hydrogens (primary N) is 1. The van der Waals surface area contributed by atoms with Gasteiger partial charge < -0.3 is 5.73 Å². The average molecular weight is 220 g/mol. The SMILES string of the molecule is CCN(CC)C(c1ccc(N)cc1)C(C)C. The molecule has 90 valence electrons. The average Bonchev–Trinajstić information content (AvgIpc) is 2.27. The number of hydrogen-bond donors (Lipinski definition) is 1. The molecule has 1 unspecified atom stereocenters. The summed E-state index contributed by atoms with van der Waals surface area (Å²) >= 11 is 0. The Balaban J connectivity index is 2.97. The van der Waals surface area contributed by atoms with Gasteiger partial charge in [-0.05, 0) is 36.7 Å². The molecule has 1 atom stereocenters. The maximum Gasteiger partial charge on any atom is 0.0370 e. The monoisotopic (exact) mass is 220 g/mol. The van der Waals surface area contributed by atoms with E-state index < -0.39 is 0 Å². The van der Waals surface area contributed by atoms with Gasteiger partial charge in [-0.3, -0.25) is 4.90 Å². The van der Waals surface area contributed by atoms with Gasteiger partial charge in [0.05, 0.1) is 0 Å². The number of hydrogen-bond acceptors (Lipinski definition) is 2. The fraction of sp³-hybridized carbons (Fsp3) is 0.571. The van der Waals surface area contributed by atoms with Crippen LogP contribution in [0.2, 0.25) is 0 Å². The summed E-state index contributed by atoms with van der Waals surface area (Å²) in [6, 6.07) is 8.79. The maximum absolute atomic E-state index is 5.73. The first-order chi connectivity index (χ1) is 7.60. The molecule has 1 aromatic rings. The molecular formula is C14H24N2. The van der Waals surface area contributed by atoms with E-state index in [1.54, 1.807) is 0 Å². The van der Waals surface area contributed by atoms with Crippen LogP contribution in [0.15, 0.2) is 24.3 Å². The molecule has 0 saturated carbocycles. The van der Waals surface area contributed by atoms with Crippen molar-refractivity contribution in [1.29, 1.82) is 0 Å². The lowest BCUT2D eigenvalue weighted by Gasteiger charge is -2.33. The van der Waals surface area contributed by atoms with Crippen LogP contribution in [0.25, 0.3) is 0 Å². The van der Waals surface area contributed by atoms with Gasteiger partial charge in [-0.1, -0.05) is 39.8 Å². The molecule has 2 nitrogen and oxygen atoms in total. The molecule has 2 N–H and O–H groups in total. The minimum Gasteiger partial charge on any atom is -0.399 e. The van der Waals surface area contributed by atoms with E-state index in [9.17, 15) is 0 Å². The van der Waals surface area contributed by atoms with Crippen LogP contribution in [-0.4, -0.2) is 18.0 Å². The van der Waals surface area contributed by atoms with Crippen molar-refractivity contribution in [1.82, 2.24) is 4.90 Å². The van der Waals surface area contributed by atoms with Gasteiger partial charge in [-0.25, -0.2) is 0 Å². The van der Waals surface area contributed by atoms with Crippen LogP contribution in [-0.2, 0) is 0 Å². The fourth-order valence-corrected chi connectivity index (χ4v) is 2.33. The molecule has 0 bridgehead atoms. The molecule has 0 aliphatic carbocycles. The number of benzene rings is 1. The quantitative estimate of drug-likeness (QED) is 0.771. The first-order valence-corrected chi connectivity index (χ1v) is 6.19. The highest BCUT2D eigenvalue weighted by molar-refractivity contribution is 5.40. The molecule has 0 saturated heterocycles. The van der Waals surface area contributed by atoms with Crippen LogP contribution < -0.4 is 5.73 Å². The standard InChI is InChI=1S/C14H24N2/c1-5-16(6-2)14(11(3)4)12-7-9-13(15)10-8-12/h7-11,14H,5-6,15H2,1-4H3. The zero-order valence-corrected chi connectivity index (χ0v) is 10.9. The molecule has 0 radical (unpaired) electrons. The van der Waals surface area contributed by atoms with Gasteiger partial charge in [0.25, 0.3) is 0 Å². The van der Waals surface area contributed by atoms with Crippen LogP contribution in [0.3, 0.4) is 0 Å². The van der Waals surface area contributed by atoms with Crippen LogP contribution >= 0.6 is 0 Å². The number of nitrogens with zero attached hydrogens (tertiary/aromatic N) is 1. The molecule has 0 heterocycles. The lowest BCUT2D eigenvalue weighted by Crippen LogP contribution is -2.31. The summed E-state index contributed by atoms with van der Waals surface area (Å²) in [7, 11) is 0. The second-order valence-corrected chi connectivity index (χ2v) is 4.58. The van der Waals surface area contributed by atoms with Gasteiger partial charge in [0.15, 0.2) is 0 Å². The molecule has 2 heteroatoms. The highest BCUT2D eigenvalue weighted by Gasteiger charge is 2.20. The summed E-state index contributed by atoms with van der Waals surface area (Å²) in [5.41, 5.74) is 7.94. The summed E-state index contributed by atoms with van der Waals surface area (Å²) in [5, 5.41) is 0. The van der Waals surface area contributed by atoms with Crippen LogP contribution in [0.5, 0.6) is 0 Å². The minimum atomic E-state index is 0.496. The third-order valence-corrected chi connectivity index (χ3v) is 3.12. The summed E-state index contributed by atoms with van der Waals surface area (Å²) in [6.45, 7) is 11.2. The molecular weight excluding hydrogens is 196 g/mol. The van der Waals surface area contributed by atoms with Crippen LogP contribution in [0.4, 0.5) is 5.69 Å². The van der Waals surface area contributed by atoms with Gasteiger partial charge in [-0.2, -0.15) is 0 Å². The predicted octanol–water partition coefficient (Wildman–Crippen LogP) is 3.31. The van der Waals surface area contributed by atoms with Crippen LogP contribution in [0.1, 0.15) is 39.3 Å². The zero-order valence-electron chi connectivity index (χ0n) is 10.9. The molecule has 16 heavy (non-hydrogen) atoms. The normalized spacial score (nSPS) is 13.4. The first-order valence-electron chi connectivity index (χ1n) is 6.19. The molecule has 0 aromatic heterocycles. The summed E-state index contributed by atoms with van der Waals surface area (Å²) in [5.74, 6) is 0.614. The van der Waals surface area contributed by atoms with E-state index in [0.29, 0.717) is 12.0 Å². The molecule has 0 spiro atoms. The Morgan fingerprint density at radius 2 is 1.56 bits per heavy atom. The topological polar surface area (TPSA) is 29.3 Å². The summed E-state index contributed by atoms with van der Waals surface area (Å²) in [4.78, 5) is 2.50. The van der Waals surface area contributed by atoms with Gasteiger partial charge >= 0.3 is 0 Å². The Morgan fingerprint density at radius 3 is 1.94 bits per heavy atom. The summed E-state index contributed by atoms with van der Waals surface area (Å²) in [6.07, 6.45) is 0. The zero-order chi connectivity index (χ0) is 12.1. The van der Waals surface area contributed by atoms with Gasteiger partial charge in [0, 0.05) is 11.7 Å². The molecule has 1 rings (SSSR count). The largest absolute Gasteiger partial charge is 0.399 e. The fourth-order valence-electron chi connectivity index (χ4n) is 2.33. The molecule has 0 aliphatic rings. The lowest BCUT2D eigenvalue weighted by molar-refractivity contribution is 0.172. The van der Waals surface area contributed by atoms with Crippen molar-refractivity contribution in [2.45, 2.75) is 33.7 Å². The van der Waals surface area contributed by atoms with Gasteiger partial charge in [0.1, 0.15) is 0 Å². The van der Waals surface area contributed by atoms with Crippen molar-refractivity contribution in [2.75, 3.05) is 18.8 Å². The predicted molar refractivity (Wildman–Crippen MR) is 71.4 cm³/mol. The van der Waals surface area contributed by atoms with Gasteiger partial charge in [-0.15, -0.1) is 0 Å². The third-order valence-electron chi connectivity index (χ3n) is 3.12. The third kappa shape index (κ3) is 2.99. The Bertz CT molecular complexity index is 299. The molecule has 0 aliphatic heterocycles. The Labute approximate surface area is 99.5 Å². The van der Waals surface area contributed by atoms with E-state index in [0.717, 1.165) is 18.8 Å². The van der Waals surface area contributed by atoms with Crippen molar-refractivity contribution < 1.29 is 0 Å². The molecule has 0 amide bonds. The minimum absolute atomic E-state index is 0.496. The highest BCUT2D eigenvalue weighted by Crippen LogP contribution is 2.28. The number of nitrogen functional groups attached to an aromatic ring is 1. The van der Waals surface area contributed by atoms with E-state index >= 15 is 0 Å². The van der Waals surface area contributed by atoms with E-state index in [4.69, 9.17) is 5.73 Å². The van der Waals surface area contributed by atoms with Crippen molar-refractivity contribution in [2.24, 2.45) is 5.92 Å². The van der Waals surface area contributed by atoms with Crippen molar-refractivity contribution in [3.05, 3.63) is 29.8 Å². The van der Waals surface area contributed by atoms with E-state index in [-0.39, 0.29) is 0 Å². The number of rotatable bonds is 5. The first kappa shape index (κ1) is 13.0. The lowest BCUT2D eigenvalue weighted by atomic mass is 9.94. The second-order valence-electron chi connectivity index (χ2n) is 4.58.